The number of hydrogen-bond donors (Lipinski definition) is 0. The maximum atomic E-state index is 15.0. The average molecular weight is 777 g/mol. The molecule has 0 spiro atoms. The van der Waals surface area contributed by atoms with Crippen LogP contribution in [0.3, 0.4) is 0 Å². The number of esters is 1. The molecular weight excluding hydrogens is 728 g/mol. The molecule has 2 amide bonds. The Kier molecular flexibility index (Phi) is 12.5. The first-order valence-corrected chi connectivity index (χ1v) is 23.9. The SMILES string of the molecule is C=CCOC(=O)C(N1C(=O)C(C(C)O[Si](C)(C)C)C1CC(=O)c1cccc(C(=O)N2CCOCC2)c1)=P(c1ccccc1)(c1ccccc1)c1ccccc1. The van der Waals surface area contributed by atoms with Crippen molar-refractivity contribution in [3.8, 4) is 0 Å². The topological polar surface area (TPSA) is 102 Å². The Morgan fingerprint density at radius 3 is 1.87 bits per heavy atom. The fourth-order valence-electron chi connectivity index (χ4n) is 7.64. The lowest BCUT2D eigenvalue weighted by molar-refractivity contribution is -0.156. The Morgan fingerprint density at radius 2 is 1.36 bits per heavy atom. The third-order valence-electron chi connectivity index (χ3n) is 9.93. The smallest absolute Gasteiger partial charge is 0.356 e. The van der Waals surface area contributed by atoms with E-state index < -0.39 is 39.2 Å². The minimum atomic E-state index is -3.20. The van der Waals surface area contributed by atoms with E-state index >= 15 is 0 Å². The molecule has 0 N–H and O–H groups in total. The highest BCUT2D eigenvalue weighted by Gasteiger charge is 2.56. The van der Waals surface area contributed by atoms with Crippen molar-refractivity contribution >= 4 is 60.1 Å². The molecule has 4 aromatic rings. The van der Waals surface area contributed by atoms with E-state index in [0.29, 0.717) is 37.4 Å². The van der Waals surface area contributed by atoms with Gasteiger partial charge in [0, 0.05) is 37.5 Å². The van der Waals surface area contributed by atoms with Crippen LogP contribution in [-0.2, 0) is 23.5 Å². The van der Waals surface area contributed by atoms with Crippen LogP contribution in [-0.4, -0.2) is 92.2 Å². The molecule has 0 bridgehead atoms. The van der Waals surface area contributed by atoms with Gasteiger partial charge in [0.15, 0.2) is 14.1 Å². The van der Waals surface area contributed by atoms with Crippen LogP contribution in [0.2, 0.25) is 19.6 Å². The molecular formula is C44H49N2O7PSi. The number of carbonyl (C=O) groups excluding carboxylic acids is 4. The monoisotopic (exact) mass is 776 g/mol. The number of ketones is 1. The van der Waals surface area contributed by atoms with Gasteiger partial charge in [-0.25, -0.2) is 4.79 Å². The zero-order valence-corrected chi connectivity index (χ0v) is 33.8. The van der Waals surface area contributed by atoms with Gasteiger partial charge in [-0.1, -0.05) is 116 Å². The normalized spacial score (nSPS) is 17.9. The highest BCUT2D eigenvalue weighted by atomic mass is 31.2. The second-order valence-corrected chi connectivity index (χ2v) is 22.5. The summed E-state index contributed by atoms with van der Waals surface area (Å²) in [5, 5.41) is 2.54. The fourth-order valence-corrected chi connectivity index (χ4v) is 13.3. The maximum absolute atomic E-state index is 15.0. The van der Waals surface area contributed by atoms with Gasteiger partial charge in [0.2, 0.25) is 5.91 Å². The van der Waals surface area contributed by atoms with E-state index in [1.165, 1.54) is 6.08 Å². The van der Waals surface area contributed by atoms with Crippen molar-refractivity contribution in [2.45, 2.75) is 45.1 Å². The molecule has 2 saturated heterocycles. The first-order valence-electron chi connectivity index (χ1n) is 18.7. The van der Waals surface area contributed by atoms with Gasteiger partial charge >= 0.3 is 5.97 Å². The van der Waals surface area contributed by atoms with Crippen molar-refractivity contribution in [2.75, 3.05) is 32.9 Å². The summed E-state index contributed by atoms with van der Waals surface area (Å²) in [4.78, 5) is 61.0. The van der Waals surface area contributed by atoms with Gasteiger partial charge in [0.1, 0.15) is 12.0 Å². The van der Waals surface area contributed by atoms with E-state index in [9.17, 15) is 19.2 Å². The second kappa shape index (κ2) is 17.3. The van der Waals surface area contributed by atoms with E-state index in [4.69, 9.17) is 13.9 Å². The lowest BCUT2D eigenvalue weighted by Gasteiger charge is -2.52. The zero-order valence-electron chi connectivity index (χ0n) is 31.9. The lowest BCUT2D eigenvalue weighted by atomic mass is 9.79. The molecule has 3 atom stereocenters. The predicted octanol–water partition coefficient (Wildman–Crippen LogP) is 5.65. The van der Waals surface area contributed by atoms with Crippen LogP contribution in [0.15, 0.2) is 128 Å². The van der Waals surface area contributed by atoms with Crippen LogP contribution in [0.25, 0.3) is 0 Å². The quantitative estimate of drug-likeness (QED) is 0.0408. The Morgan fingerprint density at radius 1 is 0.836 bits per heavy atom. The number of amides is 2. The number of likely N-dealkylation sites (tertiary alicyclic amines) is 1. The molecule has 0 saturated carbocycles. The van der Waals surface area contributed by atoms with Crippen molar-refractivity contribution in [3.63, 3.8) is 0 Å². The molecule has 2 heterocycles. The summed E-state index contributed by atoms with van der Waals surface area (Å²) >= 11 is 0. The Labute approximate surface area is 325 Å². The molecule has 9 nitrogen and oxygen atoms in total. The minimum absolute atomic E-state index is 0.0745. The number of nitrogens with zero attached hydrogens (tertiary/aromatic N) is 2. The Hall–Kier alpha value is -4.86. The first-order chi connectivity index (χ1) is 26.5. The number of benzene rings is 4. The van der Waals surface area contributed by atoms with Crippen molar-refractivity contribution < 1.29 is 33.1 Å². The summed E-state index contributed by atoms with van der Waals surface area (Å²) in [6.07, 6.45) is 0.854. The van der Waals surface area contributed by atoms with Crippen LogP contribution >= 0.6 is 6.89 Å². The number of ether oxygens (including phenoxy) is 2. The molecule has 2 aliphatic rings. The van der Waals surface area contributed by atoms with Gasteiger partial charge in [-0.2, -0.15) is 0 Å². The number of Topliss-reactive ketones (excluding diaryl/α,β-unsaturated/α-hetero) is 1. The van der Waals surface area contributed by atoms with Gasteiger partial charge in [0.05, 0.1) is 31.3 Å². The second-order valence-electron chi connectivity index (χ2n) is 14.7. The minimum Gasteiger partial charge on any atom is -0.457 e. The predicted molar refractivity (Wildman–Crippen MR) is 221 cm³/mol. The fraction of sp³-hybridized carbons (Fsp3) is 0.295. The molecule has 0 radical (unpaired) electrons. The molecule has 0 aromatic heterocycles. The van der Waals surface area contributed by atoms with Gasteiger partial charge in [-0.05, 0) is 54.6 Å². The number of carbonyl (C=O) groups is 4. The molecule has 2 aliphatic heterocycles. The highest BCUT2D eigenvalue weighted by molar-refractivity contribution is 7.96. The third kappa shape index (κ3) is 8.38. The molecule has 4 aromatic carbocycles. The molecule has 11 heteroatoms. The van der Waals surface area contributed by atoms with Crippen molar-refractivity contribution in [1.29, 1.82) is 0 Å². The van der Waals surface area contributed by atoms with Crippen LogP contribution in [0.5, 0.6) is 0 Å². The number of β-lactam (4-membered cyclic amide) rings is 1. The molecule has 6 rings (SSSR count). The Balaban J connectivity index is 1.57. The van der Waals surface area contributed by atoms with Crippen molar-refractivity contribution in [2.24, 2.45) is 5.92 Å². The zero-order chi connectivity index (χ0) is 39.2. The van der Waals surface area contributed by atoms with E-state index in [1.807, 2.05) is 97.9 Å². The molecule has 0 aliphatic carbocycles. The summed E-state index contributed by atoms with van der Waals surface area (Å²) in [7, 11) is -2.16. The summed E-state index contributed by atoms with van der Waals surface area (Å²) in [6, 6.07) is 35.3. The standard InChI is InChI=1S/C44H49N2O7PSi/c1-6-27-52-44(50)43(54(35-19-10-7-11-20-35,36-21-12-8-13-22-36)37-23-14-9-15-24-37)46-38(40(42(46)49)32(2)53-55(3,4)5)31-39(47)33-17-16-18-34(30-33)41(48)45-25-28-51-29-26-45/h6-24,30,32,38,40H,1,25-29,31H2,2-5H3. The third-order valence-corrected chi connectivity index (χ3v) is 15.3. The summed E-state index contributed by atoms with van der Waals surface area (Å²) in [5.41, 5.74) is 0.944. The van der Waals surface area contributed by atoms with Gasteiger partial charge in [-0.15, -0.1) is 0 Å². The molecule has 3 unspecified atom stereocenters. The number of hydrogen-bond acceptors (Lipinski definition) is 7. The Bertz CT molecular complexity index is 1980. The lowest BCUT2D eigenvalue weighted by Crippen LogP contribution is -2.69. The van der Waals surface area contributed by atoms with Crippen LogP contribution in [0, 0.1) is 5.92 Å². The largest absolute Gasteiger partial charge is 0.457 e. The maximum Gasteiger partial charge on any atom is 0.356 e. The van der Waals surface area contributed by atoms with Crippen LogP contribution < -0.4 is 15.9 Å². The van der Waals surface area contributed by atoms with Crippen LogP contribution in [0.1, 0.15) is 34.1 Å². The first kappa shape index (κ1) is 39.8. The van der Waals surface area contributed by atoms with Crippen molar-refractivity contribution in [3.05, 3.63) is 139 Å². The van der Waals surface area contributed by atoms with Gasteiger partial charge < -0.3 is 23.7 Å². The summed E-state index contributed by atoms with van der Waals surface area (Å²) in [6.45, 7) is 10.4. The van der Waals surface area contributed by atoms with E-state index in [-0.39, 0.29) is 36.0 Å². The average Bonchev–Trinajstić information content (AvgIpc) is 3.20. The molecule has 286 valence electrons. The van der Waals surface area contributed by atoms with Gasteiger partial charge in [-0.3, -0.25) is 14.4 Å². The number of morpholine rings is 1. The van der Waals surface area contributed by atoms with E-state index in [0.717, 1.165) is 15.9 Å². The molecule has 55 heavy (non-hydrogen) atoms. The summed E-state index contributed by atoms with van der Waals surface area (Å²) < 4.78 is 17.9. The highest BCUT2D eigenvalue weighted by Crippen LogP contribution is 2.50. The number of rotatable bonds is 14. The van der Waals surface area contributed by atoms with Gasteiger partial charge in [0.25, 0.3) is 5.91 Å². The van der Waals surface area contributed by atoms with E-state index in [2.05, 4.69) is 26.2 Å². The summed E-state index contributed by atoms with van der Waals surface area (Å²) in [5.74, 6) is -2.12. The van der Waals surface area contributed by atoms with Crippen LogP contribution in [0.4, 0.5) is 0 Å². The molecule has 2 fully saturated rings. The van der Waals surface area contributed by atoms with E-state index in [1.54, 1.807) is 34.1 Å². The van der Waals surface area contributed by atoms with Crippen molar-refractivity contribution in [1.82, 2.24) is 9.80 Å².